The lowest BCUT2D eigenvalue weighted by Gasteiger charge is -2.20. The monoisotopic (exact) mass is 448 g/mol. The molecule has 0 saturated heterocycles. The molecule has 33 heavy (non-hydrogen) atoms. The molecule has 0 fully saturated rings. The third-order valence-corrected chi connectivity index (χ3v) is 5.49. The van der Waals surface area contributed by atoms with Crippen LogP contribution in [0, 0.1) is 0 Å². The predicted molar refractivity (Wildman–Crippen MR) is 126 cm³/mol. The van der Waals surface area contributed by atoms with Crippen molar-refractivity contribution in [2.75, 3.05) is 18.5 Å². The van der Waals surface area contributed by atoms with E-state index in [-0.39, 0.29) is 35.1 Å². The average Bonchev–Trinajstić information content (AvgIpc) is 3.01. The standard InChI is InChI=1S/C26H28N2O5/c1-6-12-28-24(30)20-11-10-17(13-21(20)25(28)31)26(32)33-14-22(29)27-23-18(15(2)3)8-7-9-19(23)16(4)5/h6-11,13,15-16H,1,12,14H2,2-5H3,(H,27,29). The first-order chi connectivity index (χ1) is 15.6. The zero-order chi connectivity index (χ0) is 24.3. The lowest BCUT2D eigenvalue weighted by Crippen LogP contribution is -2.29. The van der Waals surface area contributed by atoms with Gasteiger partial charge < -0.3 is 10.1 Å². The molecule has 7 nitrogen and oxygen atoms in total. The molecular weight excluding hydrogens is 420 g/mol. The zero-order valence-electron chi connectivity index (χ0n) is 19.3. The van der Waals surface area contributed by atoms with Crippen molar-refractivity contribution in [3.05, 3.63) is 76.9 Å². The van der Waals surface area contributed by atoms with Crippen LogP contribution in [-0.2, 0) is 9.53 Å². The zero-order valence-corrected chi connectivity index (χ0v) is 19.3. The summed E-state index contributed by atoms with van der Waals surface area (Å²) in [4.78, 5) is 50.9. The van der Waals surface area contributed by atoms with Gasteiger partial charge in [-0.2, -0.15) is 0 Å². The Labute approximate surface area is 193 Å². The molecule has 1 aliphatic heterocycles. The molecule has 0 bridgehead atoms. The van der Waals surface area contributed by atoms with Crippen LogP contribution in [0.5, 0.6) is 0 Å². The second-order valence-corrected chi connectivity index (χ2v) is 8.52. The van der Waals surface area contributed by atoms with E-state index in [0.29, 0.717) is 0 Å². The van der Waals surface area contributed by atoms with Crippen molar-refractivity contribution in [1.29, 1.82) is 0 Å². The number of nitrogens with one attached hydrogen (secondary N) is 1. The fraction of sp³-hybridized carbons (Fsp3) is 0.308. The second kappa shape index (κ2) is 9.81. The van der Waals surface area contributed by atoms with Crippen LogP contribution in [0.4, 0.5) is 5.69 Å². The second-order valence-electron chi connectivity index (χ2n) is 8.52. The Morgan fingerprint density at radius 3 is 2.18 bits per heavy atom. The van der Waals surface area contributed by atoms with Gasteiger partial charge in [-0.3, -0.25) is 19.3 Å². The Hall–Kier alpha value is -3.74. The summed E-state index contributed by atoms with van der Waals surface area (Å²) in [6.45, 7) is 11.3. The lowest BCUT2D eigenvalue weighted by atomic mass is 9.92. The summed E-state index contributed by atoms with van der Waals surface area (Å²) in [7, 11) is 0. The van der Waals surface area contributed by atoms with Gasteiger partial charge in [-0.1, -0.05) is 52.0 Å². The van der Waals surface area contributed by atoms with Gasteiger partial charge in [-0.15, -0.1) is 6.58 Å². The normalized spacial score (nSPS) is 12.8. The van der Waals surface area contributed by atoms with Crippen LogP contribution < -0.4 is 5.32 Å². The summed E-state index contributed by atoms with van der Waals surface area (Å²) in [6, 6.07) is 10.1. The molecule has 1 N–H and O–H groups in total. The number of carbonyl (C=O) groups is 4. The number of ether oxygens (including phenoxy) is 1. The molecule has 2 aromatic rings. The first-order valence-electron chi connectivity index (χ1n) is 10.9. The summed E-state index contributed by atoms with van der Waals surface area (Å²) in [5.41, 5.74) is 3.20. The van der Waals surface area contributed by atoms with Crippen molar-refractivity contribution in [3.63, 3.8) is 0 Å². The molecule has 0 atom stereocenters. The van der Waals surface area contributed by atoms with Crippen LogP contribution in [-0.4, -0.2) is 41.7 Å². The number of anilines is 1. The number of amides is 3. The smallest absolute Gasteiger partial charge is 0.338 e. The molecule has 1 heterocycles. The quantitative estimate of drug-likeness (QED) is 0.364. The molecule has 0 radical (unpaired) electrons. The number of benzene rings is 2. The fourth-order valence-electron chi connectivity index (χ4n) is 3.80. The average molecular weight is 449 g/mol. The van der Waals surface area contributed by atoms with Gasteiger partial charge in [0.25, 0.3) is 17.7 Å². The highest BCUT2D eigenvalue weighted by Gasteiger charge is 2.35. The van der Waals surface area contributed by atoms with Gasteiger partial charge in [0, 0.05) is 12.2 Å². The van der Waals surface area contributed by atoms with Gasteiger partial charge in [0.15, 0.2) is 6.61 Å². The number of rotatable bonds is 8. The van der Waals surface area contributed by atoms with Gasteiger partial charge in [-0.05, 0) is 41.2 Å². The van der Waals surface area contributed by atoms with Crippen molar-refractivity contribution in [2.24, 2.45) is 0 Å². The number of carbonyl (C=O) groups excluding carboxylic acids is 4. The van der Waals surface area contributed by atoms with E-state index >= 15 is 0 Å². The van der Waals surface area contributed by atoms with Crippen molar-refractivity contribution in [3.8, 4) is 0 Å². The number of esters is 1. The molecule has 0 aliphatic carbocycles. The fourth-order valence-corrected chi connectivity index (χ4v) is 3.80. The summed E-state index contributed by atoms with van der Waals surface area (Å²) >= 11 is 0. The third kappa shape index (κ3) is 4.87. The van der Waals surface area contributed by atoms with Crippen LogP contribution in [0.25, 0.3) is 0 Å². The Kier molecular flexibility index (Phi) is 7.11. The van der Waals surface area contributed by atoms with E-state index in [1.54, 1.807) is 0 Å². The van der Waals surface area contributed by atoms with E-state index < -0.39 is 30.3 Å². The van der Waals surface area contributed by atoms with Crippen LogP contribution >= 0.6 is 0 Å². The molecule has 0 saturated carbocycles. The number of fused-ring (bicyclic) bond motifs is 1. The van der Waals surface area contributed by atoms with Crippen LogP contribution in [0.2, 0.25) is 0 Å². The maximum absolute atomic E-state index is 12.6. The summed E-state index contributed by atoms with van der Waals surface area (Å²) in [6.07, 6.45) is 1.46. The third-order valence-electron chi connectivity index (χ3n) is 5.49. The molecule has 0 aromatic heterocycles. The summed E-state index contributed by atoms with van der Waals surface area (Å²) in [5, 5.41) is 2.89. The molecule has 3 amide bonds. The van der Waals surface area contributed by atoms with E-state index in [1.165, 1.54) is 24.3 Å². The maximum atomic E-state index is 12.6. The van der Waals surface area contributed by atoms with Crippen LogP contribution in [0.3, 0.4) is 0 Å². The minimum Gasteiger partial charge on any atom is -0.452 e. The SMILES string of the molecule is C=CCN1C(=O)c2ccc(C(=O)OCC(=O)Nc3c(C(C)C)cccc3C(C)C)cc2C1=O. The number of hydrogen-bond acceptors (Lipinski definition) is 5. The minimum atomic E-state index is -0.753. The predicted octanol–water partition coefficient (Wildman–Crippen LogP) is 4.51. The molecule has 7 heteroatoms. The maximum Gasteiger partial charge on any atom is 0.338 e. The highest BCUT2D eigenvalue weighted by atomic mass is 16.5. The highest BCUT2D eigenvalue weighted by molar-refractivity contribution is 6.22. The van der Waals surface area contributed by atoms with E-state index in [4.69, 9.17) is 4.74 Å². The van der Waals surface area contributed by atoms with Crippen molar-refractivity contribution in [2.45, 2.75) is 39.5 Å². The van der Waals surface area contributed by atoms with Gasteiger partial charge >= 0.3 is 5.97 Å². The molecule has 0 spiro atoms. The number of para-hydroxylation sites is 1. The van der Waals surface area contributed by atoms with E-state index in [1.807, 2.05) is 45.9 Å². The lowest BCUT2D eigenvalue weighted by molar-refractivity contribution is -0.119. The highest BCUT2D eigenvalue weighted by Crippen LogP contribution is 2.32. The molecule has 2 aromatic carbocycles. The van der Waals surface area contributed by atoms with Crippen LogP contribution in [0.1, 0.15) is 81.7 Å². The van der Waals surface area contributed by atoms with Gasteiger partial charge in [-0.25, -0.2) is 4.79 Å². The summed E-state index contributed by atoms with van der Waals surface area (Å²) < 4.78 is 5.18. The molecule has 172 valence electrons. The van der Waals surface area contributed by atoms with Gasteiger partial charge in [0.2, 0.25) is 0 Å². The Morgan fingerprint density at radius 2 is 1.61 bits per heavy atom. The van der Waals surface area contributed by atoms with Gasteiger partial charge in [0.1, 0.15) is 0 Å². The number of imide groups is 1. The first kappa shape index (κ1) is 23.9. The van der Waals surface area contributed by atoms with E-state index in [2.05, 4.69) is 11.9 Å². The van der Waals surface area contributed by atoms with Crippen molar-refractivity contribution in [1.82, 2.24) is 4.90 Å². The summed E-state index contributed by atoms with van der Waals surface area (Å²) in [5.74, 6) is -1.73. The minimum absolute atomic E-state index is 0.0858. The molecule has 3 rings (SSSR count). The topological polar surface area (TPSA) is 92.8 Å². The van der Waals surface area contributed by atoms with E-state index in [9.17, 15) is 19.2 Å². The first-order valence-corrected chi connectivity index (χ1v) is 10.9. The number of hydrogen-bond donors (Lipinski definition) is 1. The van der Waals surface area contributed by atoms with Crippen molar-refractivity contribution >= 4 is 29.4 Å². The van der Waals surface area contributed by atoms with Crippen LogP contribution in [0.15, 0.2) is 49.1 Å². The number of nitrogens with zero attached hydrogens (tertiary/aromatic N) is 1. The Balaban J connectivity index is 1.71. The molecular formula is C26H28N2O5. The molecule has 0 unspecified atom stereocenters. The largest absolute Gasteiger partial charge is 0.452 e. The Morgan fingerprint density at radius 1 is 1.00 bits per heavy atom. The van der Waals surface area contributed by atoms with Gasteiger partial charge in [0.05, 0.1) is 16.7 Å². The van der Waals surface area contributed by atoms with E-state index in [0.717, 1.165) is 21.7 Å². The molecule has 1 aliphatic rings. The van der Waals surface area contributed by atoms with Crippen molar-refractivity contribution < 1.29 is 23.9 Å². The Bertz CT molecular complexity index is 1110.